The first-order valence-corrected chi connectivity index (χ1v) is 7.44. The third-order valence-electron chi connectivity index (χ3n) is 3.74. The van der Waals surface area contributed by atoms with Crippen LogP contribution in [0, 0.1) is 20.8 Å². The standard InChI is InChI=1S/C18H24N2O/c1-6-16-9-15(11-19-5)10-17(20-16)21-18-13(3)8-7-12(2)14(18)4/h7-10,19H,6,11H2,1-5H3. The first kappa shape index (κ1) is 15.5. The Morgan fingerprint density at radius 1 is 1.10 bits per heavy atom. The van der Waals surface area contributed by atoms with E-state index in [0.29, 0.717) is 5.88 Å². The Kier molecular flexibility index (Phi) is 4.97. The van der Waals surface area contributed by atoms with Gasteiger partial charge in [0.2, 0.25) is 5.88 Å². The molecule has 2 aromatic rings. The molecule has 1 N–H and O–H groups in total. The summed E-state index contributed by atoms with van der Waals surface area (Å²) in [5.41, 5.74) is 5.80. The van der Waals surface area contributed by atoms with E-state index in [0.717, 1.165) is 30.0 Å². The molecular weight excluding hydrogens is 260 g/mol. The number of aryl methyl sites for hydroxylation is 3. The fraction of sp³-hybridized carbons (Fsp3) is 0.389. The Balaban J connectivity index is 2.39. The maximum Gasteiger partial charge on any atom is 0.219 e. The molecule has 0 spiro atoms. The highest BCUT2D eigenvalue weighted by Gasteiger charge is 2.10. The van der Waals surface area contributed by atoms with Gasteiger partial charge in [-0.3, -0.25) is 0 Å². The zero-order valence-electron chi connectivity index (χ0n) is 13.6. The summed E-state index contributed by atoms with van der Waals surface area (Å²) in [5, 5.41) is 3.17. The predicted molar refractivity (Wildman–Crippen MR) is 87.1 cm³/mol. The molecule has 1 aromatic carbocycles. The molecule has 0 aliphatic carbocycles. The number of ether oxygens (including phenoxy) is 1. The van der Waals surface area contributed by atoms with Crippen molar-refractivity contribution >= 4 is 0 Å². The molecule has 0 bridgehead atoms. The molecule has 0 saturated carbocycles. The van der Waals surface area contributed by atoms with Crippen LogP contribution in [0.5, 0.6) is 11.6 Å². The van der Waals surface area contributed by atoms with Crippen molar-refractivity contribution in [1.29, 1.82) is 0 Å². The van der Waals surface area contributed by atoms with Gasteiger partial charge >= 0.3 is 0 Å². The number of nitrogens with zero attached hydrogens (tertiary/aromatic N) is 1. The summed E-state index contributed by atoms with van der Waals surface area (Å²) >= 11 is 0. The third kappa shape index (κ3) is 3.61. The van der Waals surface area contributed by atoms with E-state index < -0.39 is 0 Å². The van der Waals surface area contributed by atoms with Crippen molar-refractivity contribution in [3.63, 3.8) is 0 Å². The summed E-state index contributed by atoms with van der Waals surface area (Å²) in [6.07, 6.45) is 0.902. The van der Waals surface area contributed by atoms with Crippen molar-refractivity contribution in [3.8, 4) is 11.6 Å². The lowest BCUT2D eigenvalue weighted by Crippen LogP contribution is -2.07. The topological polar surface area (TPSA) is 34.1 Å². The molecule has 112 valence electrons. The second-order valence-corrected chi connectivity index (χ2v) is 5.44. The molecule has 1 aromatic heterocycles. The Labute approximate surface area is 127 Å². The molecule has 0 aliphatic rings. The molecule has 1 heterocycles. The summed E-state index contributed by atoms with van der Waals surface area (Å²) < 4.78 is 6.11. The zero-order valence-corrected chi connectivity index (χ0v) is 13.6. The number of hydrogen-bond acceptors (Lipinski definition) is 3. The van der Waals surface area contributed by atoms with Crippen LogP contribution in [-0.2, 0) is 13.0 Å². The van der Waals surface area contributed by atoms with Gasteiger partial charge in [0, 0.05) is 18.3 Å². The van der Waals surface area contributed by atoms with Crippen molar-refractivity contribution in [3.05, 3.63) is 52.2 Å². The molecule has 0 amide bonds. The Bertz CT molecular complexity index is 635. The molecule has 0 unspecified atom stereocenters. The average molecular weight is 284 g/mol. The molecule has 0 atom stereocenters. The van der Waals surface area contributed by atoms with Crippen LogP contribution in [-0.4, -0.2) is 12.0 Å². The fourth-order valence-corrected chi connectivity index (χ4v) is 2.35. The van der Waals surface area contributed by atoms with Crippen molar-refractivity contribution < 1.29 is 4.74 Å². The lowest BCUT2D eigenvalue weighted by Gasteiger charge is -2.14. The van der Waals surface area contributed by atoms with E-state index in [1.807, 2.05) is 13.1 Å². The number of pyridine rings is 1. The molecule has 3 nitrogen and oxygen atoms in total. The summed E-state index contributed by atoms with van der Waals surface area (Å²) in [6.45, 7) is 9.19. The van der Waals surface area contributed by atoms with Crippen LogP contribution in [0.15, 0.2) is 24.3 Å². The summed E-state index contributed by atoms with van der Waals surface area (Å²) in [6, 6.07) is 8.35. The maximum atomic E-state index is 6.11. The Morgan fingerprint density at radius 2 is 1.81 bits per heavy atom. The molecule has 0 saturated heterocycles. The minimum atomic E-state index is 0.677. The van der Waals surface area contributed by atoms with Gasteiger partial charge in [-0.15, -0.1) is 0 Å². The largest absolute Gasteiger partial charge is 0.438 e. The first-order chi connectivity index (χ1) is 10.0. The summed E-state index contributed by atoms with van der Waals surface area (Å²) in [4.78, 5) is 4.59. The Hall–Kier alpha value is -1.87. The monoisotopic (exact) mass is 284 g/mol. The quantitative estimate of drug-likeness (QED) is 0.898. The number of hydrogen-bond donors (Lipinski definition) is 1. The van der Waals surface area contributed by atoms with E-state index in [4.69, 9.17) is 4.74 Å². The molecule has 0 radical (unpaired) electrons. The van der Waals surface area contributed by atoms with Gasteiger partial charge in [-0.25, -0.2) is 4.98 Å². The van der Waals surface area contributed by atoms with Crippen LogP contribution in [0.4, 0.5) is 0 Å². The van der Waals surface area contributed by atoms with Crippen LogP contribution in [0.25, 0.3) is 0 Å². The van der Waals surface area contributed by atoms with Gasteiger partial charge in [0.25, 0.3) is 0 Å². The van der Waals surface area contributed by atoms with Crippen LogP contribution in [0.2, 0.25) is 0 Å². The van der Waals surface area contributed by atoms with Gasteiger partial charge < -0.3 is 10.1 Å². The van der Waals surface area contributed by atoms with E-state index in [-0.39, 0.29) is 0 Å². The second-order valence-electron chi connectivity index (χ2n) is 5.44. The highest BCUT2D eigenvalue weighted by molar-refractivity contribution is 5.46. The van der Waals surface area contributed by atoms with Crippen LogP contribution in [0.3, 0.4) is 0 Å². The fourth-order valence-electron chi connectivity index (χ4n) is 2.35. The average Bonchev–Trinajstić information content (AvgIpc) is 2.48. The maximum absolute atomic E-state index is 6.11. The van der Waals surface area contributed by atoms with Crippen molar-refractivity contribution in [2.75, 3.05) is 7.05 Å². The number of aromatic nitrogens is 1. The zero-order chi connectivity index (χ0) is 15.4. The number of benzene rings is 1. The van der Waals surface area contributed by atoms with E-state index in [9.17, 15) is 0 Å². The van der Waals surface area contributed by atoms with Crippen molar-refractivity contribution in [1.82, 2.24) is 10.3 Å². The van der Waals surface area contributed by atoms with Gasteiger partial charge in [0.1, 0.15) is 5.75 Å². The molecule has 0 aliphatic heterocycles. The highest BCUT2D eigenvalue weighted by atomic mass is 16.5. The first-order valence-electron chi connectivity index (χ1n) is 7.44. The van der Waals surface area contributed by atoms with Crippen molar-refractivity contribution in [2.24, 2.45) is 0 Å². The predicted octanol–water partition coefficient (Wildman–Crippen LogP) is 4.08. The van der Waals surface area contributed by atoms with Crippen LogP contribution < -0.4 is 10.1 Å². The molecule has 2 rings (SSSR count). The molecule has 0 fully saturated rings. The van der Waals surface area contributed by atoms with Crippen molar-refractivity contribution in [2.45, 2.75) is 40.7 Å². The van der Waals surface area contributed by atoms with E-state index in [1.165, 1.54) is 16.7 Å². The lowest BCUT2D eigenvalue weighted by molar-refractivity contribution is 0.452. The van der Waals surface area contributed by atoms with Gasteiger partial charge in [0.05, 0.1) is 0 Å². The molecule has 3 heteroatoms. The number of rotatable bonds is 5. The van der Waals surface area contributed by atoms with Gasteiger partial charge in [-0.2, -0.15) is 0 Å². The summed E-state index contributed by atoms with van der Waals surface area (Å²) in [7, 11) is 1.95. The van der Waals surface area contributed by atoms with E-state index in [1.54, 1.807) is 0 Å². The minimum Gasteiger partial charge on any atom is -0.438 e. The van der Waals surface area contributed by atoms with Gasteiger partial charge in [-0.1, -0.05) is 19.1 Å². The highest BCUT2D eigenvalue weighted by Crippen LogP contribution is 2.30. The Morgan fingerprint density at radius 3 is 2.48 bits per heavy atom. The van der Waals surface area contributed by atoms with Crippen LogP contribution >= 0.6 is 0 Å². The third-order valence-corrected chi connectivity index (χ3v) is 3.74. The smallest absolute Gasteiger partial charge is 0.219 e. The van der Waals surface area contributed by atoms with Crippen LogP contribution in [0.1, 0.15) is 34.9 Å². The number of nitrogens with one attached hydrogen (secondary N) is 1. The molecular formula is C18H24N2O. The second kappa shape index (κ2) is 6.72. The SMILES string of the molecule is CCc1cc(CNC)cc(Oc2c(C)ccc(C)c2C)n1. The summed E-state index contributed by atoms with van der Waals surface area (Å²) in [5.74, 6) is 1.60. The molecule has 21 heavy (non-hydrogen) atoms. The lowest BCUT2D eigenvalue weighted by atomic mass is 10.1. The van der Waals surface area contributed by atoms with E-state index in [2.05, 4.69) is 56.2 Å². The van der Waals surface area contributed by atoms with Gasteiger partial charge in [-0.05, 0) is 62.6 Å². The minimum absolute atomic E-state index is 0.677. The van der Waals surface area contributed by atoms with Gasteiger partial charge in [0.15, 0.2) is 0 Å². The van der Waals surface area contributed by atoms with E-state index >= 15 is 0 Å². The normalized spacial score (nSPS) is 10.7.